The Bertz CT molecular complexity index is 392. The van der Waals surface area contributed by atoms with Gasteiger partial charge < -0.3 is 11.1 Å². The maximum Gasteiger partial charge on any atom is 0.126 e. The SMILES string of the molecule is Cc1cc(C(CN)NCC2CC2C)ccc1F. The van der Waals surface area contributed by atoms with Crippen LogP contribution in [-0.2, 0) is 0 Å². The van der Waals surface area contributed by atoms with Gasteiger partial charge in [-0.15, -0.1) is 0 Å². The van der Waals surface area contributed by atoms with Crippen LogP contribution in [-0.4, -0.2) is 13.1 Å². The zero-order chi connectivity index (χ0) is 12.4. The lowest BCUT2D eigenvalue weighted by Gasteiger charge is -2.18. The Labute approximate surface area is 102 Å². The Hall–Kier alpha value is -0.930. The van der Waals surface area contributed by atoms with Crippen LogP contribution in [0.3, 0.4) is 0 Å². The van der Waals surface area contributed by atoms with Crippen molar-refractivity contribution in [1.29, 1.82) is 0 Å². The molecule has 0 aromatic heterocycles. The van der Waals surface area contributed by atoms with E-state index in [9.17, 15) is 4.39 Å². The predicted octanol–water partition coefficient (Wildman–Crippen LogP) is 2.38. The van der Waals surface area contributed by atoms with Crippen LogP contribution in [0.4, 0.5) is 4.39 Å². The topological polar surface area (TPSA) is 38.0 Å². The van der Waals surface area contributed by atoms with Gasteiger partial charge in [0.25, 0.3) is 0 Å². The standard InChI is InChI=1S/C14H21FN2/c1-9-5-12(9)8-17-14(7-16)11-3-4-13(15)10(2)6-11/h3-4,6,9,12,14,17H,5,7-8,16H2,1-2H3. The Morgan fingerprint density at radius 3 is 2.76 bits per heavy atom. The number of hydrogen-bond acceptors (Lipinski definition) is 2. The van der Waals surface area contributed by atoms with Gasteiger partial charge in [0, 0.05) is 12.6 Å². The average molecular weight is 236 g/mol. The predicted molar refractivity (Wildman–Crippen MR) is 68.2 cm³/mol. The zero-order valence-corrected chi connectivity index (χ0v) is 10.5. The van der Waals surface area contributed by atoms with Crippen molar-refractivity contribution in [2.45, 2.75) is 26.3 Å². The van der Waals surface area contributed by atoms with E-state index in [1.807, 2.05) is 12.1 Å². The summed E-state index contributed by atoms with van der Waals surface area (Å²) in [6.45, 7) is 5.62. The number of benzene rings is 1. The van der Waals surface area contributed by atoms with Crippen molar-refractivity contribution in [2.75, 3.05) is 13.1 Å². The fourth-order valence-electron chi connectivity index (χ4n) is 2.20. The molecule has 0 aliphatic heterocycles. The minimum atomic E-state index is -0.152. The van der Waals surface area contributed by atoms with E-state index in [2.05, 4.69) is 12.2 Å². The Morgan fingerprint density at radius 1 is 1.53 bits per heavy atom. The van der Waals surface area contributed by atoms with Gasteiger partial charge in [-0.2, -0.15) is 0 Å². The van der Waals surface area contributed by atoms with Gasteiger partial charge in [0.15, 0.2) is 0 Å². The second kappa shape index (κ2) is 5.15. The molecule has 1 saturated carbocycles. The summed E-state index contributed by atoms with van der Waals surface area (Å²) >= 11 is 0. The third-order valence-electron chi connectivity index (χ3n) is 3.72. The van der Waals surface area contributed by atoms with Crippen molar-refractivity contribution in [2.24, 2.45) is 17.6 Å². The van der Waals surface area contributed by atoms with Crippen molar-refractivity contribution in [3.63, 3.8) is 0 Å². The molecule has 0 heterocycles. The van der Waals surface area contributed by atoms with E-state index in [-0.39, 0.29) is 11.9 Å². The molecule has 1 fully saturated rings. The van der Waals surface area contributed by atoms with Gasteiger partial charge in [0.05, 0.1) is 0 Å². The molecular weight excluding hydrogens is 215 g/mol. The largest absolute Gasteiger partial charge is 0.329 e. The first-order valence-electron chi connectivity index (χ1n) is 6.31. The highest BCUT2D eigenvalue weighted by atomic mass is 19.1. The van der Waals surface area contributed by atoms with E-state index in [4.69, 9.17) is 5.73 Å². The number of halogens is 1. The van der Waals surface area contributed by atoms with Crippen molar-refractivity contribution in [3.8, 4) is 0 Å². The van der Waals surface area contributed by atoms with E-state index >= 15 is 0 Å². The van der Waals surface area contributed by atoms with Crippen LogP contribution in [0.5, 0.6) is 0 Å². The van der Waals surface area contributed by atoms with Crippen LogP contribution in [0.2, 0.25) is 0 Å². The van der Waals surface area contributed by atoms with Crippen molar-refractivity contribution in [1.82, 2.24) is 5.32 Å². The summed E-state index contributed by atoms with van der Waals surface area (Å²) in [5, 5.41) is 3.48. The first kappa shape index (κ1) is 12.5. The van der Waals surface area contributed by atoms with Crippen LogP contribution in [0.25, 0.3) is 0 Å². The number of rotatable bonds is 5. The monoisotopic (exact) mass is 236 g/mol. The molecule has 3 heteroatoms. The molecule has 94 valence electrons. The molecule has 0 amide bonds. The highest BCUT2D eigenvalue weighted by Gasteiger charge is 2.32. The van der Waals surface area contributed by atoms with Crippen molar-refractivity contribution < 1.29 is 4.39 Å². The lowest BCUT2D eigenvalue weighted by atomic mass is 10.0. The van der Waals surface area contributed by atoms with Crippen LogP contribution < -0.4 is 11.1 Å². The molecular formula is C14H21FN2. The Morgan fingerprint density at radius 2 is 2.24 bits per heavy atom. The van der Waals surface area contributed by atoms with E-state index < -0.39 is 0 Å². The Kier molecular flexibility index (Phi) is 3.79. The molecule has 3 unspecified atom stereocenters. The molecule has 2 rings (SSSR count). The third-order valence-corrected chi connectivity index (χ3v) is 3.72. The van der Waals surface area contributed by atoms with Crippen LogP contribution >= 0.6 is 0 Å². The summed E-state index contributed by atoms with van der Waals surface area (Å²) in [5.41, 5.74) is 7.54. The second-order valence-corrected chi connectivity index (χ2v) is 5.18. The lowest BCUT2D eigenvalue weighted by Crippen LogP contribution is -2.30. The summed E-state index contributed by atoms with van der Waals surface area (Å²) in [6.07, 6.45) is 1.31. The van der Waals surface area contributed by atoms with Gasteiger partial charge in [-0.05, 0) is 48.9 Å². The first-order valence-corrected chi connectivity index (χ1v) is 6.31. The smallest absolute Gasteiger partial charge is 0.126 e. The maximum atomic E-state index is 13.2. The van der Waals surface area contributed by atoms with E-state index in [1.165, 1.54) is 12.5 Å². The minimum absolute atomic E-state index is 0.141. The van der Waals surface area contributed by atoms with Gasteiger partial charge in [0.2, 0.25) is 0 Å². The van der Waals surface area contributed by atoms with Crippen LogP contribution in [0.1, 0.15) is 30.5 Å². The molecule has 3 atom stereocenters. The van der Waals surface area contributed by atoms with Crippen molar-refractivity contribution in [3.05, 3.63) is 35.1 Å². The van der Waals surface area contributed by atoms with E-state index in [0.29, 0.717) is 12.1 Å². The van der Waals surface area contributed by atoms with Gasteiger partial charge in [-0.1, -0.05) is 19.1 Å². The molecule has 2 nitrogen and oxygen atoms in total. The summed E-state index contributed by atoms with van der Waals surface area (Å²) in [6, 6.07) is 5.37. The maximum absolute atomic E-state index is 13.2. The second-order valence-electron chi connectivity index (χ2n) is 5.18. The molecule has 1 aromatic rings. The van der Waals surface area contributed by atoms with Gasteiger partial charge in [-0.3, -0.25) is 0 Å². The summed E-state index contributed by atoms with van der Waals surface area (Å²) in [7, 11) is 0. The van der Waals surface area contributed by atoms with Crippen LogP contribution in [0.15, 0.2) is 18.2 Å². The average Bonchev–Trinajstić information content (AvgIpc) is 3.00. The molecule has 0 radical (unpaired) electrons. The molecule has 0 saturated heterocycles. The van der Waals surface area contributed by atoms with Crippen LogP contribution in [0, 0.1) is 24.6 Å². The minimum Gasteiger partial charge on any atom is -0.329 e. The quantitative estimate of drug-likeness (QED) is 0.823. The highest BCUT2D eigenvalue weighted by molar-refractivity contribution is 5.26. The van der Waals surface area contributed by atoms with E-state index in [0.717, 1.165) is 23.9 Å². The van der Waals surface area contributed by atoms with Gasteiger partial charge in [0.1, 0.15) is 5.82 Å². The summed E-state index contributed by atoms with van der Waals surface area (Å²) < 4.78 is 13.2. The fourth-order valence-corrected chi connectivity index (χ4v) is 2.20. The number of nitrogens with two attached hydrogens (primary N) is 1. The van der Waals surface area contributed by atoms with Gasteiger partial charge >= 0.3 is 0 Å². The lowest BCUT2D eigenvalue weighted by molar-refractivity contribution is 0.510. The van der Waals surface area contributed by atoms with Crippen molar-refractivity contribution >= 4 is 0 Å². The zero-order valence-electron chi connectivity index (χ0n) is 10.5. The summed E-state index contributed by atoms with van der Waals surface area (Å²) in [4.78, 5) is 0. The molecule has 17 heavy (non-hydrogen) atoms. The summed E-state index contributed by atoms with van der Waals surface area (Å²) in [5.74, 6) is 1.49. The molecule has 3 N–H and O–H groups in total. The number of hydrogen-bond donors (Lipinski definition) is 2. The molecule has 1 aromatic carbocycles. The number of nitrogens with one attached hydrogen (secondary N) is 1. The highest BCUT2D eigenvalue weighted by Crippen LogP contribution is 2.37. The number of aryl methyl sites for hydroxylation is 1. The Balaban J connectivity index is 1.98. The van der Waals surface area contributed by atoms with Gasteiger partial charge in [-0.25, -0.2) is 4.39 Å². The normalized spacial score (nSPS) is 24.7. The fraction of sp³-hybridized carbons (Fsp3) is 0.571. The molecule has 1 aliphatic rings. The third kappa shape index (κ3) is 3.05. The van der Waals surface area contributed by atoms with E-state index in [1.54, 1.807) is 6.92 Å². The molecule has 0 bridgehead atoms. The molecule has 1 aliphatic carbocycles. The first-order chi connectivity index (χ1) is 8.11. The molecule has 0 spiro atoms.